The fraction of sp³-hybridized carbons (Fsp3) is 0.375. The van der Waals surface area contributed by atoms with Gasteiger partial charge >= 0.3 is 6.36 Å². The van der Waals surface area contributed by atoms with E-state index in [1.807, 2.05) is 0 Å². The van der Waals surface area contributed by atoms with Crippen molar-refractivity contribution >= 4 is 31.3 Å². The molecule has 0 N–H and O–H groups in total. The third-order valence-electron chi connectivity index (χ3n) is 1.91. The van der Waals surface area contributed by atoms with E-state index in [1.165, 1.54) is 0 Å². The highest BCUT2D eigenvalue weighted by atomic mass is 35.7. The maximum atomic E-state index is 12.6. The fourth-order valence-corrected chi connectivity index (χ4v) is 2.80. The van der Waals surface area contributed by atoms with E-state index in [-0.39, 0.29) is 0 Å². The average Bonchev–Trinajstić information content (AvgIpc) is 2.23. The molecule has 0 amide bonds. The van der Waals surface area contributed by atoms with E-state index in [0.717, 1.165) is 0 Å². The van der Waals surface area contributed by atoms with Crippen LogP contribution >= 0.6 is 22.3 Å². The molecule has 1 heterocycles. The van der Waals surface area contributed by atoms with Gasteiger partial charge in [-0.25, -0.2) is 17.2 Å². The van der Waals surface area contributed by atoms with Gasteiger partial charge in [0.25, 0.3) is 15.5 Å². The first kappa shape index (κ1) is 17.2. The van der Waals surface area contributed by atoms with Crippen LogP contribution in [0.25, 0.3) is 0 Å². The number of alkyl halides is 6. The van der Waals surface area contributed by atoms with E-state index >= 15 is 0 Å². The molecule has 0 aliphatic heterocycles. The van der Waals surface area contributed by atoms with E-state index in [9.17, 15) is 30.4 Å². The molecule has 0 aliphatic rings. The van der Waals surface area contributed by atoms with Crippen LogP contribution in [-0.4, -0.2) is 19.8 Å². The molecule has 0 bridgehead atoms. The Labute approximate surface area is 118 Å². The molecule has 0 radical (unpaired) electrons. The number of aromatic nitrogens is 1. The SMILES string of the molecule is O=S(=O)(Cl)c1c(CCl)ncc(C(F)F)c1OC(F)(F)F. The summed E-state index contributed by atoms with van der Waals surface area (Å²) in [5, 5.41) is 0. The molecular weight excluding hydrogens is 356 g/mol. The van der Waals surface area contributed by atoms with Crippen LogP contribution in [0.3, 0.4) is 0 Å². The maximum absolute atomic E-state index is 12.6. The van der Waals surface area contributed by atoms with E-state index in [4.69, 9.17) is 22.3 Å². The molecule has 1 aromatic rings. The second-order valence-corrected chi connectivity index (χ2v) is 6.01. The van der Waals surface area contributed by atoms with Gasteiger partial charge in [-0.05, 0) is 0 Å². The highest BCUT2D eigenvalue weighted by molar-refractivity contribution is 8.13. The monoisotopic (exact) mass is 359 g/mol. The van der Waals surface area contributed by atoms with Crippen LogP contribution in [0.5, 0.6) is 5.75 Å². The molecule has 0 unspecified atom stereocenters. The van der Waals surface area contributed by atoms with Gasteiger partial charge in [-0.3, -0.25) is 4.98 Å². The number of nitrogens with zero attached hydrogens (tertiary/aromatic N) is 1. The predicted octanol–water partition coefficient (Wildman–Crippen LogP) is 3.58. The van der Waals surface area contributed by atoms with Gasteiger partial charge in [0.1, 0.15) is 4.90 Å². The Morgan fingerprint density at radius 3 is 2.25 bits per heavy atom. The Kier molecular flexibility index (Phi) is 5.03. The fourth-order valence-electron chi connectivity index (χ4n) is 1.25. The molecule has 1 rings (SSSR count). The van der Waals surface area contributed by atoms with Crippen LogP contribution in [-0.2, 0) is 14.9 Å². The summed E-state index contributed by atoms with van der Waals surface area (Å²) >= 11 is 5.30. The van der Waals surface area contributed by atoms with Crippen molar-refractivity contribution in [1.29, 1.82) is 0 Å². The summed E-state index contributed by atoms with van der Waals surface area (Å²) in [6.07, 6.45) is -8.51. The molecule has 4 nitrogen and oxygen atoms in total. The summed E-state index contributed by atoms with van der Waals surface area (Å²) < 4.78 is 87.9. The van der Waals surface area contributed by atoms with Gasteiger partial charge < -0.3 is 4.74 Å². The topological polar surface area (TPSA) is 56.3 Å². The first-order chi connectivity index (χ1) is 8.97. The summed E-state index contributed by atoms with van der Waals surface area (Å²) in [5.41, 5.74) is -2.00. The maximum Gasteiger partial charge on any atom is 0.573 e. The number of pyridine rings is 1. The van der Waals surface area contributed by atoms with E-state index in [1.54, 1.807) is 0 Å². The molecule has 0 saturated heterocycles. The summed E-state index contributed by atoms with van der Waals surface area (Å²) in [6.45, 7) is 0. The van der Waals surface area contributed by atoms with Crippen molar-refractivity contribution in [3.63, 3.8) is 0 Å². The van der Waals surface area contributed by atoms with Gasteiger partial charge in [0.2, 0.25) is 0 Å². The molecule has 0 fully saturated rings. The summed E-state index contributed by atoms with van der Waals surface area (Å²) in [6, 6.07) is 0. The van der Waals surface area contributed by atoms with E-state index in [0.29, 0.717) is 6.20 Å². The number of ether oxygens (including phenoxy) is 1. The molecule has 0 aliphatic carbocycles. The van der Waals surface area contributed by atoms with Gasteiger partial charge in [0.15, 0.2) is 5.75 Å². The number of hydrogen-bond acceptors (Lipinski definition) is 4. The average molecular weight is 360 g/mol. The van der Waals surface area contributed by atoms with Crippen LogP contribution in [0.4, 0.5) is 22.0 Å². The lowest BCUT2D eigenvalue weighted by Gasteiger charge is -2.16. The Hall–Kier alpha value is -0.870. The van der Waals surface area contributed by atoms with Crippen LogP contribution < -0.4 is 4.74 Å². The summed E-state index contributed by atoms with van der Waals surface area (Å²) in [4.78, 5) is 1.92. The Morgan fingerprint density at radius 1 is 1.35 bits per heavy atom. The van der Waals surface area contributed by atoms with Crippen LogP contribution in [0.15, 0.2) is 11.1 Å². The lowest BCUT2D eigenvalue weighted by atomic mass is 10.2. The molecule has 0 atom stereocenters. The Balaban J connectivity index is 3.70. The highest BCUT2D eigenvalue weighted by Crippen LogP contribution is 2.40. The molecule has 12 heteroatoms. The number of halogens is 7. The zero-order chi connectivity index (χ0) is 15.7. The quantitative estimate of drug-likeness (QED) is 0.468. The lowest BCUT2D eigenvalue weighted by molar-refractivity contribution is -0.276. The number of hydrogen-bond donors (Lipinski definition) is 0. The van der Waals surface area contributed by atoms with Crippen molar-refractivity contribution in [2.24, 2.45) is 0 Å². The van der Waals surface area contributed by atoms with E-state index < -0.39 is 49.6 Å². The molecular formula is C8H4Cl2F5NO3S. The van der Waals surface area contributed by atoms with Crippen molar-refractivity contribution < 1.29 is 35.1 Å². The molecule has 114 valence electrons. The smallest absolute Gasteiger partial charge is 0.404 e. The van der Waals surface area contributed by atoms with Crippen molar-refractivity contribution in [1.82, 2.24) is 4.98 Å². The molecule has 0 aromatic carbocycles. The lowest BCUT2D eigenvalue weighted by Crippen LogP contribution is -2.20. The first-order valence-electron chi connectivity index (χ1n) is 4.53. The number of rotatable bonds is 4. The van der Waals surface area contributed by atoms with Gasteiger partial charge in [0, 0.05) is 16.9 Å². The van der Waals surface area contributed by atoms with Crippen molar-refractivity contribution in [2.75, 3.05) is 0 Å². The Morgan fingerprint density at radius 2 is 1.90 bits per heavy atom. The van der Waals surface area contributed by atoms with Crippen molar-refractivity contribution in [3.05, 3.63) is 17.5 Å². The van der Waals surface area contributed by atoms with Gasteiger partial charge in [-0.2, -0.15) is 0 Å². The second kappa shape index (κ2) is 5.86. The molecule has 0 spiro atoms. The van der Waals surface area contributed by atoms with Crippen LogP contribution in [0.2, 0.25) is 0 Å². The van der Waals surface area contributed by atoms with Gasteiger partial charge in [-0.1, -0.05) is 0 Å². The minimum Gasteiger partial charge on any atom is -0.404 e. The van der Waals surface area contributed by atoms with Crippen LogP contribution in [0.1, 0.15) is 17.7 Å². The zero-order valence-corrected chi connectivity index (χ0v) is 11.4. The zero-order valence-electron chi connectivity index (χ0n) is 9.09. The molecule has 20 heavy (non-hydrogen) atoms. The van der Waals surface area contributed by atoms with Gasteiger partial charge in [0.05, 0.1) is 17.1 Å². The third kappa shape index (κ3) is 4.06. The van der Waals surface area contributed by atoms with Gasteiger partial charge in [-0.15, -0.1) is 24.8 Å². The Bertz CT molecular complexity index is 605. The van der Waals surface area contributed by atoms with E-state index in [2.05, 4.69) is 9.72 Å². The molecule has 1 aromatic heterocycles. The van der Waals surface area contributed by atoms with Crippen LogP contribution in [0, 0.1) is 0 Å². The predicted molar refractivity (Wildman–Crippen MR) is 58.5 cm³/mol. The second-order valence-electron chi connectivity index (χ2n) is 3.24. The largest absolute Gasteiger partial charge is 0.573 e. The normalized spacial score (nSPS) is 12.8. The summed E-state index contributed by atoms with van der Waals surface area (Å²) in [5.74, 6) is -2.30. The van der Waals surface area contributed by atoms with Crippen molar-refractivity contribution in [3.8, 4) is 5.75 Å². The standard InChI is InChI=1S/C8H4Cl2F5NO3S/c9-1-4-6(20(10,17)18)5(19-8(13,14)15)3(2-16-4)7(11)12/h2,7H,1H2. The highest BCUT2D eigenvalue weighted by Gasteiger charge is 2.38. The summed E-state index contributed by atoms with van der Waals surface area (Å²) in [7, 11) is 0.0968. The minimum absolute atomic E-state index is 0.342. The molecule has 0 saturated carbocycles. The van der Waals surface area contributed by atoms with Crippen molar-refractivity contribution in [2.45, 2.75) is 23.6 Å². The third-order valence-corrected chi connectivity index (χ3v) is 3.54. The first-order valence-corrected chi connectivity index (χ1v) is 7.38. The minimum atomic E-state index is -5.40.